The Labute approximate surface area is 139 Å². The highest BCUT2D eigenvalue weighted by Gasteiger charge is 2.20. The lowest BCUT2D eigenvalue weighted by atomic mass is 10.0. The van der Waals surface area contributed by atoms with Gasteiger partial charge in [-0.1, -0.05) is 43.2 Å². The quantitative estimate of drug-likeness (QED) is 0.511. The molecule has 0 saturated heterocycles. The second-order valence-electron chi connectivity index (χ2n) is 5.13. The van der Waals surface area contributed by atoms with Crippen molar-refractivity contribution in [3.8, 4) is 0 Å². The van der Waals surface area contributed by atoms with E-state index in [4.69, 9.17) is 20.1 Å². The van der Waals surface area contributed by atoms with Gasteiger partial charge in [0.1, 0.15) is 5.69 Å². The van der Waals surface area contributed by atoms with E-state index >= 15 is 0 Å². The number of imidazole rings is 1. The lowest BCUT2D eigenvalue weighted by Crippen LogP contribution is -2.16. The van der Waals surface area contributed by atoms with Crippen LogP contribution in [0.2, 0.25) is 0 Å². The molecular formula is C16H21N3O5. The number of carbonyl (C=O) groups is 1. The van der Waals surface area contributed by atoms with Gasteiger partial charge in [-0.3, -0.25) is 0 Å². The molecule has 0 radical (unpaired) electrons. The van der Waals surface area contributed by atoms with E-state index < -0.39 is 5.09 Å². The molecule has 0 bridgehead atoms. The Balaban J connectivity index is 0.000000648. The molecule has 0 aliphatic rings. The minimum Gasteiger partial charge on any atom is -0.464 e. The molecule has 24 heavy (non-hydrogen) atoms. The average Bonchev–Trinajstić information content (AvgIpc) is 3.01. The van der Waals surface area contributed by atoms with Crippen molar-refractivity contribution in [1.82, 2.24) is 9.55 Å². The highest BCUT2D eigenvalue weighted by molar-refractivity contribution is 5.87. The Bertz CT molecular complexity index is 663. The molecule has 2 aromatic rings. The van der Waals surface area contributed by atoms with Gasteiger partial charge in [-0.2, -0.15) is 0 Å². The molecule has 0 saturated carbocycles. The Hall–Kier alpha value is -2.90. The number of methoxy groups -OCH3 is 1. The zero-order valence-corrected chi connectivity index (χ0v) is 13.9. The van der Waals surface area contributed by atoms with E-state index in [0.29, 0.717) is 5.69 Å². The highest BCUT2D eigenvalue weighted by atomic mass is 16.9. The van der Waals surface area contributed by atoms with Crippen molar-refractivity contribution < 1.29 is 19.8 Å². The molecule has 0 amide bonds. The molecule has 1 unspecified atom stereocenters. The number of carbonyl (C=O) groups excluding carboxylic acids is 1. The van der Waals surface area contributed by atoms with Crippen LogP contribution in [0.25, 0.3) is 0 Å². The van der Waals surface area contributed by atoms with E-state index in [1.165, 1.54) is 18.2 Å². The molecular weight excluding hydrogens is 314 g/mol. The molecule has 1 aromatic carbocycles. The first-order valence-corrected chi connectivity index (χ1v) is 7.40. The summed E-state index contributed by atoms with van der Waals surface area (Å²) in [4.78, 5) is 24.3. The minimum absolute atomic E-state index is 0.109. The number of nitrogens with zero attached hydrogens (tertiary/aromatic N) is 3. The average molecular weight is 335 g/mol. The Morgan fingerprint density at radius 3 is 2.50 bits per heavy atom. The monoisotopic (exact) mass is 335 g/mol. The Kier molecular flexibility index (Phi) is 7.41. The summed E-state index contributed by atoms with van der Waals surface area (Å²) in [6.45, 7) is 4.20. The van der Waals surface area contributed by atoms with E-state index in [-0.39, 0.29) is 12.0 Å². The number of aryl methyl sites for hydroxylation is 1. The fourth-order valence-electron chi connectivity index (χ4n) is 2.34. The van der Waals surface area contributed by atoms with Crippen LogP contribution in [0.3, 0.4) is 0 Å². The van der Waals surface area contributed by atoms with E-state index in [2.05, 4.69) is 43.1 Å². The molecule has 1 aromatic heterocycles. The van der Waals surface area contributed by atoms with Crippen LogP contribution >= 0.6 is 0 Å². The number of aromatic nitrogens is 2. The van der Waals surface area contributed by atoms with Gasteiger partial charge >= 0.3 is 5.97 Å². The highest BCUT2D eigenvalue weighted by Crippen LogP contribution is 2.25. The predicted octanol–water partition coefficient (Wildman–Crippen LogP) is 3.02. The molecule has 1 atom stereocenters. The molecule has 2 rings (SSSR count). The Morgan fingerprint density at radius 2 is 2.00 bits per heavy atom. The summed E-state index contributed by atoms with van der Waals surface area (Å²) in [5.74, 6) is -0.351. The lowest BCUT2D eigenvalue weighted by Gasteiger charge is -2.20. The fraction of sp³-hybridized carbons (Fsp3) is 0.375. The van der Waals surface area contributed by atoms with Crippen LogP contribution in [0.1, 0.15) is 47.4 Å². The maximum absolute atomic E-state index is 11.8. The molecule has 0 aliphatic carbocycles. The molecule has 0 fully saturated rings. The topological polar surface area (TPSA) is 107 Å². The number of rotatable bonds is 5. The predicted molar refractivity (Wildman–Crippen MR) is 86.6 cm³/mol. The van der Waals surface area contributed by atoms with Gasteiger partial charge in [0.05, 0.1) is 25.7 Å². The molecule has 1 N–H and O–H groups in total. The first-order valence-electron chi connectivity index (χ1n) is 7.40. The van der Waals surface area contributed by atoms with Gasteiger partial charge in [-0.15, -0.1) is 10.1 Å². The van der Waals surface area contributed by atoms with Gasteiger partial charge in [0.15, 0.2) is 0 Å². The standard InChI is InChI=1S/C16H20N2O2.HNO3/c1-4-5-14(13-8-6-12(2)7-9-13)18-11-17-10-15(18)16(19)20-3;2-1(3)4/h6-11,14H,4-5H2,1-3H3;(H,2,3,4). The molecule has 8 heteroatoms. The van der Waals surface area contributed by atoms with E-state index in [9.17, 15) is 4.79 Å². The largest absolute Gasteiger partial charge is 0.464 e. The molecule has 130 valence electrons. The van der Waals surface area contributed by atoms with Crippen molar-refractivity contribution in [2.75, 3.05) is 7.11 Å². The number of benzene rings is 1. The van der Waals surface area contributed by atoms with Gasteiger partial charge in [-0.05, 0) is 18.9 Å². The third kappa shape index (κ3) is 5.38. The number of hydrogen-bond acceptors (Lipinski definition) is 5. The van der Waals surface area contributed by atoms with Crippen molar-refractivity contribution in [2.45, 2.75) is 32.7 Å². The third-order valence-electron chi connectivity index (χ3n) is 3.42. The zero-order chi connectivity index (χ0) is 18.1. The van der Waals surface area contributed by atoms with Crippen LogP contribution in [-0.4, -0.2) is 32.9 Å². The van der Waals surface area contributed by atoms with Crippen LogP contribution < -0.4 is 0 Å². The fourth-order valence-corrected chi connectivity index (χ4v) is 2.34. The summed E-state index contributed by atoms with van der Waals surface area (Å²) in [6.07, 6.45) is 5.23. The van der Waals surface area contributed by atoms with Crippen LogP contribution in [0.5, 0.6) is 0 Å². The molecule has 0 spiro atoms. The summed E-state index contributed by atoms with van der Waals surface area (Å²) in [5.41, 5.74) is 2.90. The second-order valence-corrected chi connectivity index (χ2v) is 5.13. The lowest BCUT2D eigenvalue weighted by molar-refractivity contribution is -0.742. The van der Waals surface area contributed by atoms with Crippen molar-refractivity contribution in [1.29, 1.82) is 0 Å². The zero-order valence-electron chi connectivity index (χ0n) is 13.9. The molecule has 1 heterocycles. The van der Waals surface area contributed by atoms with Gasteiger partial charge in [0.25, 0.3) is 5.09 Å². The van der Waals surface area contributed by atoms with E-state index in [0.717, 1.165) is 12.8 Å². The van der Waals surface area contributed by atoms with Crippen LogP contribution in [0.15, 0.2) is 36.8 Å². The summed E-state index contributed by atoms with van der Waals surface area (Å²) < 4.78 is 6.72. The van der Waals surface area contributed by atoms with Crippen LogP contribution in [-0.2, 0) is 4.74 Å². The van der Waals surface area contributed by atoms with Crippen molar-refractivity contribution in [3.05, 3.63) is 63.7 Å². The van der Waals surface area contributed by atoms with Crippen LogP contribution in [0, 0.1) is 17.0 Å². The molecule has 0 aliphatic heterocycles. The summed E-state index contributed by atoms with van der Waals surface area (Å²) >= 11 is 0. The number of ether oxygens (including phenoxy) is 1. The Morgan fingerprint density at radius 1 is 1.42 bits per heavy atom. The maximum atomic E-state index is 11.8. The van der Waals surface area contributed by atoms with Crippen molar-refractivity contribution >= 4 is 5.97 Å². The first-order chi connectivity index (χ1) is 11.4. The normalized spacial score (nSPS) is 11.1. The van der Waals surface area contributed by atoms with Crippen molar-refractivity contribution in [3.63, 3.8) is 0 Å². The summed E-state index contributed by atoms with van der Waals surface area (Å²) in [6, 6.07) is 8.50. The summed E-state index contributed by atoms with van der Waals surface area (Å²) in [7, 11) is 1.39. The molecule has 8 nitrogen and oxygen atoms in total. The minimum atomic E-state index is -1.50. The number of hydrogen-bond donors (Lipinski definition) is 1. The van der Waals surface area contributed by atoms with Gasteiger partial charge in [-0.25, -0.2) is 9.78 Å². The summed E-state index contributed by atoms with van der Waals surface area (Å²) in [5, 5.41) is 13.6. The second kappa shape index (κ2) is 9.29. The number of esters is 1. The van der Waals surface area contributed by atoms with Gasteiger partial charge in [0.2, 0.25) is 0 Å². The SMILES string of the molecule is CCCC(c1ccc(C)cc1)n1cncc1C(=O)OC.O=[N+]([O-])O. The third-order valence-corrected chi connectivity index (χ3v) is 3.42. The maximum Gasteiger partial charge on any atom is 0.356 e. The smallest absolute Gasteiger partial charge is 0.356 e. The first kappa shape index (κ1) is 19.1. The van der Waals surface area contributed by atoms with E-state index in [1.54, 1.807) is 12.5 Å². The van der Waals surface area contributed by atoms with Gasteiger partial charge < -0.3 is 14.5 Å². The van der Waals surface area contributed by atoms with E-state index in [1.807, 2.05) is 4.57 Å². The van der Waals surface area contributed by atoms with Gasteiger partial charge in [0, 0.05) is 0 Å². The van der Waals surface area contributed by atoms with Crippen LogP contribution in [0.4, 0.5) is 0 Å². The van der Waals surface area contributed by atoms with Crippen molar-refractivity contribution in [2.24, 2.45) is 0 Å².